The van der Waals surface area contributed by atoms with Crippen molar-refractivity contribution in [2.75, 3.05) is 6.54 Å². The Morgan fingerprint density at radius 3 is 2.72 bits per heavy atom. The minimum atomic E-state index is -0.791. The lowest BCUT2D eigenvalue weighted by Crippen LogP contribution is -2.51. The predicted octanol–water partition coefficient (Wildman–Crippen LogP) is 3.11. The maximum Gasteiger partial charge on any atom is 0.324 e. The lowest BCUT2D eigenvalue weighted by atomic mass is 10.2. The molecule has 8 heteroatoms. The molecule has 1 aromatic carbocycles. The molecule has 1 saturated heterocycles. The van der Waals surface area contributed by atoms with Crippen LogP contribution in [0.2, 0.25) is 10.0 Å². The molecule has 2 rings (SSSR count). The van der Waals surface area contributed by atoms with Crippen LogP contribution in [0.5, 0.6) is 0 Å². The molecule has 1 heterocycles. The van der Waals surface area contributed by atoms with Crippen LogP contribution in [0.1, 0.15) is 38.2 Å². The van der Waals surface area contributed by atoms with E-state index < -0.39 is 12.1 Å². The fourth-order valence-electron chi connectivity index (χ4n) is 2.61. The minimum Gasteiger partial charge on any atom is -0.350 e. The summed E-state index contributed by atoms with van der Waals surface area (Å²) in [6.07, 6.45) is 2.25. The molecule has 0 radical (unpaired) electrons. The van der Waals surface area contributed by atoms with Crippen molar-refractivity contribution in [2.45, 2.75) is 45.2 Å². The maximum absolute atomic E-state index is 12.4. The van der Waals surface area contributed by atoms with Crippen LogP contribution in [0, 0.1) is 0 Å². The summed E-state index contributed by atoms with van der Waals surface area (Å²) in [4.78, 5) is 37.6. The number of nitrogens with one attached hydrogen (secondary N) is 2. The van der Waals surface area contributed by atoms with Crippen molar-refractivity contribution in [3.63, 3.8) is 0 Å². The van der Waals surface area contributed by atoms with Gasteiger partial charge in [-0.2, -0.15) is 0 Å². The number of benzene rings is 1. The molecular formula is C17H21Cl2N3O3. The quantitative estimate of drug-likeness (QED) is 0.738. The number of hydrogen-bond donors (Lipinski definition) is 2. The zero-order valence-corrected chi connectivity index (χ0v) is 15.5. The second-order valence-electron chi connectivity index (χ2n) is 5.86. The van der Waals surface area contributed by atoms with Gasteiger partial charge in [0.1, 0.15) is 6.04 Å². The van der Waals surface area contributed by atoms with E-state index in [-0.39, 0.29) is 24.8 Å². The first kappa shape index (κ1) is 19.5. The van der Waals surface area contributed by atoms with Crippen LogP contribution < -0.4 is 10.6 Å². The van der Waals surface area contributed by atoms with E-state index in [1.165, 1.54) is 0 Å². The third-order valence-corrected chi connectivity index (χ3v) is 4.60. The van der Waals surface area contributed by atoms with Gasteiger partial charge in [0, 0.05) is 29.6 Å². The number of amides is 4. The predicted molar refractivity (Wildman–Crippen MR) is 96.5 cm³/mol. The van der Waals surface area contributed by atoms with E-state index in [1.54, 1.807) is 18.2 Å². The third kappa shape index (κ3) is 5.09. The van der Waals surface area contributed by atoms with E-state index in [1.807, 2.05) is 6.92 Å². The number of urea groups is 1. The third-order valence-electron chi connectivity index (χ3n) is 4.01. The average Bonchev–Trinajstić information content (AvgIpc) is 2.95. The summed E-state index contributed by atoms with van der Waals surface area (Å²) in [5.74, 6) is -0.707. The lowest BCUT2D eigenvalue weighted by molar-refractivity contribution is -0.132. The van der Waals surface area contributed by atoms with E-state index >= 15 is 0 Å². The highest BCUT2D eigenvalue weighted by molar-refractivity contribution is 6.35. The minimum absolute atomic E-state index is 0.182. The average molecular weight is 386 g/mol. The number of rotatable bonds is 6. The Balaban J connectivity index is 1.96. The Hall–Kier alpha value is -1.79. The number of halogens is 2. The molecule has 2 N–H and O–H groups in total. The molecule has 0 aromatic heterocycles. The van der Waals surface area contributed by atoms with Gasteiger partial charge in [-0.15, -0.1) is 0 Å². The van der Waals surface area contributed by atoms with Crippen LogP contribution in [0.3, 0.4) is 0 Å². The molecule has 0 aliphatic carbocycles. The zero-order chi connectivity index (χ0) is 18.4. The lowest BCUT2D eigenvalue weighted by Gasteiger charge is -2.22. The molecular weight excluding hydrogens is 365 g/mol. The highest BCUT2D eigenvalue weighted by Gasteiger charge is 2.40. The molecule has 0 bridgehead atoms. The van der Waals surface area contributed by atoms with E-state index in [2.05, 4.69) is 10.6 Å². The van der Waals surface area contributed by atoms with Crippen molar-refractivity contribution in [1.82, 2.24) is 15.5 Å². The molecule has 1 aliphatic rings. The first-order valence-corrected chi connectivity index (χ1v) is 9.01. The van der Waals surface area contributed by atoms with Crippen LogP contribution in [0.4, 0.5) is 4.79 Å². The van der Waals surface area contributed by atoms with Gasteiger partial charge in [0.2, 0.25) is 11.8 Å². The van der Waals surface area contributed by atoms with E-state index in [4.69, 9.17) is 23.2 Å². The van der Waals surface area contributed by atoms with Gasteiger partial charge in [0.15, 0.2) is 0 Å². The van der Waals surface area contributed by atoms with E-state index in [0.717, 1.165) is 17.7 Å². The first-order valence-electron chi connectivity index (χ1n) is 8.25. The Kier molecular flexibility index (Phi) is 7.08. The van der Waals surface area contributed by atoms with Crippen molar-refractivity contribution < 1.29 is 14.4 Å². The monoisotopic (exact) mass is 385 g/mol. The van der Waals surface area contributed by atoms with Gasteiger partial charge in [0.25, 0.3) is 0 Å². The summed E-state index contributed by atoms with van der Waals surface area (Å²) >= 11 is 11.9. The first-order chi connectivity index (χ1) is 11.9. The van der Waals surface area contributed by atoms with Crippen LogP contribution in [0.25, 0.3) is 0 Å². The number of carbonyl (C=O) groups is 3. The Morgan fingerprint density at radius 2 is 2.04 bits per heavy atom. The molecule has 25 heavy (non-hydrogen) atoms. The largest absolute Gasteiger partial charge is 0.350 e. The van der Waals surface area contributed by atoms with Crippen LogP contribution >= 0.6 is 23.2 Å². The summed E-state index contributed by atoms with van der Waals surface area (Å²) in [6.45, 7) is 2.68. The Bertz CT molecular complexity index is 667. The summed E-state index contributed by atoms with van der Waals surface area (Å²) in [5, 5.41) is 6.37. The molecule has 1 fully saturated rings. The highest BCUT2D eigenvalue weighted by atomic mass is 35.5. The number of imide groups is 1. The van der Waals surface area contributed by atoms with Gasteiger partial charge in [-0.05, 0) is 30.5 Å². The molecule has 1 aromatic rings. The van der Waals surface area contributed by atoms with Gasteiger partial charge >= 0.3 is 6.03 Å². The summed E-state index contributed by atoms with van der Waals surface area (Å²) < 4.78 is 0. The summed E-state index contributed by atoms with van der Waals surface area (Å²) in [5.41, 5.74) is 0.711. The fraction of sp³-hybridized carbons (Fsp3) is 0.471. The van der Waals surface area contributed by atoms with Crippen molar-refractivity contribution in [3.8, 4) is 0 Å². The summed E-state index contributed by atoms with van der Waals surface area (Å²) in [7, 11) is 0. The standard InChI is InChI=1S/C17H21Cl2N3O3/c1-2-3-8-20-17(25)22-14(6-7-15(22)23)16(24)21-10-11-4-5-12(18)9-13(11)19/h4-5,9,14H,2-3,6-8,10H2,1H3,(H,20,25)(H,21,24)/t14-/m0/s1. The van der Waals surface area contributed by atoms with E-state index in [9.17, 15) is 14.4 Å². The second kappa shape index (κ2) is 9.06. The van der Waals surface area contributed by atoms with Crippen molar-refractivity contribution in [2.24, 2.45) is 0 Å². The SMILES string of the molecule is CCCCNC(=O)N1C(=O)CC[C@H]1C(=O)NCc1ccc(Cl)cc1Cl. The van der Waals surface area contributed by atoms with Crippen molar-refractivity contribution >= 4 is 41.0 Å². The molecule has 0 saturated carbocycles. The second-order valence-corrected chi connectivity index (χ2v) is 6.70. The van der Waals surface area contributed by atoms with Crippen LogP contribution in [-0.2, 0) is 16.1 Å². The molecule has 6 nitrogen and oxygen atoms in total. The molecule has 1 atom stereocenters. The number of hydrogen-bond acceptors (Lipinski definition) is 3. The van der Waals surface area contributed by atoms with Gasteiger partial charge in [0.05, 0.1) is 0 Å². The Morgan fingerprint density at radius 1 is 1.28 bits per heavy atom. The topological polar surface area (TPSA) is 78.5 Å². The molecule has 0 unspecified atom stereocenters. The van der Waals surface area contributed by atoms with Crippen LogP contribution in [0.15, 0.2) is 18.2 Å². The smallest absolute Gasteiger partial charge is 0.324 e. The molecule has 0 spiro atoms. The zero-order valence-electron chi connectivity index (χ0n) is 14.0. The highest BCUT2D eigenvalue weighted by Crippen LogP contribution is 2.22. The van der Waals surface area contributed by atoms with Gasteiger partial charge in [-0.25, -0.2) is 4.79 Å². The molecule has 136 valence electrons. The van der Waals surface area contributed by atoms with Crippen LogP contribution in [-0.4, -0.2) is 35.3 Å². The fourth-order valence-corrected chi connectivity index (χ4v) is 3.08. The number of likely N-dealkylation sites (tertiary alicyclic amines) is 1. The molecule has 4 amide bonds. The van der Waals surface area contributed by atoms with Gasteiger partial charge < -0.3 is 10.6 Å². The van der Waals surface area contributed by atoms with Crippen molar-refractivity contribution in [1.29, 1.82) is 0 Å². The Labute approximate surface area is 156 Å². The number of unbranched alkanes of at least 4 members (excludes halogenated alkanes) is 1. The normalized spacial score (nSPS) is 16.8. The van der Waals surface area contributed by atoms with E-state index in [0.29, 0.717) is 28.6 Å². The van der Waals surface area contributed by atoms with Crippen molar-refractivity contribution in [3.05, 3.63) is 33.8 Å². The maximum atomic E-state index is 12.4. The molecule has 1 aliphatic heterocycles. The number of nitrogens with zero attached hydrogens (tertiary/aromatic N) is 1. The number of carbonyl (C=O) groups excluding carboxylic acids is 3. The van der Waals surface area contributed by atoms with Gasteiger partial charge in [-0.3, -0.25) is 14.5 Å². The summed E-state index contributed by atoms with van der Waals surface area (Å²) in [6, 6.07) is 3.69. The van der Waals surface area contributed by atoms with Gasteiger partial charge in [-0.1, -0.05) is 42.6 Å².